The van der Waals surface area contributed by atoms with Gasteiger partial charge in [0.05, 0.1) is 5.75 Å². The van der Waals surface area contributed by atoms with Crippen LogP contribution in [0.25, 0.3) is 0 Å². The number of carbonyl (C=O) groups is 2. The SMILES string of the molecule is CC1(C)C2CCC13CS(=O)(=O)N1OC13C2(Cl)Cl.CC1C=C2C(=O)C3(O)CCN(c4ccccc4)C3=NC2=C[CH-]1.CC1C=C2C(=O)[C@]3(O)CCN(c4ccccc4)C3=NC2=C[CH-]1.[Y].[Y]. The zero-order chi connectivity index (χ0) is 43.1. The van der Waals surface area contributed by atoms with Gasteiger partial charge in [-0.25, -0.2) is 33.4 Å². The van der Waals surface area contributed by atoms with Crippen molar-refractivity contribution < 1.29 is 98.5 Å². The summed E-state index contributed by atoms with van der Waals surface area (Å²) in [5, 5.41) is 21.9. The summed E-state index contributed by atoms with van der Waals surface area (Å²) in [6.45, 7) is 9.35. The summed E-state index contributed by atoms with van der Waals surface area (Å²) in [5.41, 5.74) is -0.316. The summed E-state index contributed by atoms with van der Waals surface area (Å²) >= 11 is 13.0. The molecule has 2 spiro atoms. The summed E-state index contributed by atoms with van der Waals surface area (Å²) in [4.78, 5) is 44.1. The molecule has 63 heavy (non-hydrogen) atoms. The third kappa shape index (κ3) is 6.67. The van der Waals surface area contributed by atoms with E-state index in [1.165, 1.54) is 0 Å². The number of amidine groups is 2. The van der Waals surface area contributed by atoms with Crippen LogP contribution in [0.3, 0.4) is 0 Å². The Balaban J connectivity index is 0.000000129. The average Bonchev–Trinajstić information content (AvgIpc) is 3.56. The molecule has 2 bridgehead atoms. The number of rotatable bonds is 2. The predicted octanol–water partition coefficient (Wildman–Crippen LogP) is 6.42. The van der Waals surface area contributed by atoms with Gasteiger partial charge in [0.2, 0.25) is 15.7 Å². The molecule has 2 aromatic rings. The zero-order valence-corrected chi connectivity index (χ0v) is 43.4. The minimum atomic E-state index is -3.36. The number of carbonyl (C=O) groups excluding carboxylic acids is 2. The number of alkyl halides is 2. The molecule has 8 atom stereocenters. The quantitative estimate of drug-likeness (QED) is 0.197. The largest absolute Gasteiger partial charge is 0.374 e. The van der Waals surface area contributed by atoms with Crippen LogP contribution in [-0.2, 0) is 89.9 Å². The average molecular weight is 1060 g/mol. The van der Waals surface area contributed by atoms with E-state index in [9.17, 15) is 28.2 Å². The van der Waals surface area contributed by atoms with Crippen LogP contribution in [0.15, 0.2) is 117 Å². The molecule has 12 rings (SSSR count). The van der Waals surface area contributed by atoms with Crippen LogP contribution in [-0.4, -0.2) is 86.4 Å². The molecule has 2 aromatic carbocycles. The number of hydrogen-bond donors (Lipinski definition) is 2. The van der Waals surface area contributed by atoms with E-state index in [1.54, 1.807) is 0 Å². The fraction of sp³-hybridized carbons (Fsp3) is 0.435. The first-order valence-electron chi connectivity index (χ1n) is 20.9. The van der Waals surface area contributed by atoms with Crippen LogP contribution in [0.4, 0.5) is 11.4 Å². The number of para-hydroxylation sites is 2. The van der Waals surface area contributed by atoms with Gasteiger partial charge in [0.1, 0.15) is 11.7 Å². The van der Waals surface area contributed by atoms with Crippen LogP contribution in [0.2, 0.25) is 0 Å². The van der Waals surface area contributed by atoms with E-state index in [0.717, 1.165) is 28.7 Å². The van der Waals surface area contributed by atoms with Crippen LogP contribution in [0.1, 0.15) is 53.4 Å². The second kappa shape index (κ2) is 16.1. The molecule has 12 nitrogen and oxygen atoms in total. The van der Waals surface area contributed by atoms with Crippen molar-refractivity contribution in [2.75, 3.05) is 28.6 Å². The topological polar surface area (TPSA) is 155 Å². The Morgan fingerprint density at radius 1 is 0.746 bits per heavy atom. The molecule has 0 aromatic heterocycles. The number of aliphatic hydroxyl groups is 2. The van der Waals surface area contributed by atoms with Gasteiger partial charge in [0, 0.05) is 114 Å². The van der Waals surface area contributed by atoms with E-state index < -0.39 is 36.7 Å². The standard InChI is InChI=1S/2C18H17N2O2.C10H13Cl2NO3S.2Y/c2*1-12-7-8-15-14(11-12)16(21)18(22)9-10-20(17(18)19-15)13-5-3-2-4-6-13;1-7(2)6-3-4-8(7)5-17(14,15)13-10(8,16-13)9(6,11)12;;/h2*2-8,11-12,22H,9-10H2,1H3;6H,3-5H2,1-2H3;;/q2*-1;;;/t12?,18-;;;;/m1..../s1. The van der Waals surface area contributed by atoms with Crippen molar-refractivity contribution in [1.82, 2.24) is 4.47 Å². The predicted molar refractivity (Wildman–Crippen MR) is 234 cm³/mol. The molecule has 4 aliphatic carbocycles. The first kappa shape index (κ1) is 47.5. The molecule has 6 heterocycles. The van der Waals surface area contributed by atoms with Gasteiger partial charge in [-0.15, -0.1) is 0 Å². The Labute approximate surface area is 428 Å². The first-order valence-corrected chi connectivity index (χ1v) is 23.2. The molecule has 2 radical (unpaired) electrons. The maximum Gasteiger partial charge on any atom is 0.239 e. The fourth-order valence-electron chi connectivity index (χ4n) is 11.3. The Bertz CT molecular complexity index is 2450. The number of allylic oxidation sites excluding steroid dienone is 6. The molecule has 4 saturated heterocycles. The second-order valence-corrected chi connectivity index (χ2v) is 21.5. The van der Waals surface area contributed by atoms with Crippen molar-refractivity contribution >= 4 is 67.8 Å². The number of hydrogen-bond acceptors (Lipinski definition) is 11. The molecule has 6 aliphatic heterocycles. The third-order valence-corrected chi connectivity index (χ3v) is 17.4. The molecule has 2 N–H and O–H groups in total. The van der Waals surface area contributed by atoms with Gasteiger partial charge in [0.15, 0.2) is 27.1 Å². The number of halogens is 2. The van der Waals surface area contributed by atoms with Crippen LogP contribution in [0.5, 0.6) is 0 Å². The van der Waals surface area contributed by atoms with Gasteiger partial charge >= 0.3 is 0 Å². The Morgan fingerprint density at radius 2 is 1.19 bits per heavy atom. The van der Waals surface area contributed by atoms with Gasteiger partial charge < -0.3 is 30.0 Å². The van der Waals surface area contributed by atoms with Crippen LogP contribution < -0.4 is 9.80 Å². The van der Waals surface area contributed by atoms with Gasteiger partial charge in [-0.2, -0.15) is 0 Å². The van der Waals surface area contributed by atoms with Gasteiger partial charge in [-0.3, -0.25) is 14.4 Å². The van der Waals surface area contributed by atoms with E-state index in [-0.39, 0.29) is 106 Å². The Kier molecular flexibility index (Phi) is 12.1. The number of sulfonamides is 1. The van der Waals surface area contributed by atoms with Crippen LogP contribution in [0, 0.1) is 41.4 Å². The molecular weight excluding hydrogens is 1020 g/mol. The van der Waals surface area contributed by atoms with Crippen molar-refractivity contribution in [1.29, 1.82) is 0 Å². The molecule has 17 heteroatoms. The molecule has 6 fully saturated rings. The van der Waals surface area contributed by atoms with E-state index in [1.807, 2.05) is 121 Å². The van der Waals surface area contributed by atoms with Gasteiger partial charge in [-0.05, 0) is 58.1 Å². The van der Waals surface area contributed by atoms with Crippen molar-refractivity contribution in [2.45, 2.75) is 74.6 Å². The summed E-state index contributed by atoms with van der Waals surface area (Å²) in [6, 6.07) is 19.5. The summed E-state index contributed by atoms with van der Waals surface area (Å²) < 4.78 is 24.1. The Hall–Kier alpha value is -2.00. The molecular formula is C46H47Cl2N5O7SY2-2. The number of Topliss-reactive ketones (excluding diaryl/α,β-unsaturated/α-hetero) is 2. The van der Waals surface area contributed by atoms with Gasteiger partial charge in [-0.1, -0.05) is 123 Å². The number of nitrogens with zero attached hydrogens (tertiary/aromatic N) is 5. The summed E-state index contributed by atoms with van der Waals surface area (Å²) in [7, 11) is -3.36. The monoisotopic (exact) mass is 1060 g/mol. The third-order valence-electron chi connectivity index (χ3n) is 14.6. The van der Waals surface area contributed by atoms with E-state index in [0.29, 0.717) is 60.1 Å². The minimum absolute atomic E-state index is 0. The number of benzene rings is 2. The maximum atomic E-state index is 12.8. The molecule has 2 saturated carbocycles. The van der Waals surface area contributed by atoms with E-state index >= 15 is 0 Å². The van der Waals surface area contributed by atoms with Crippen molar-refractivity contribution in [2.24, 2.45) is 38.6 Å². The normalized spacial score (nSPS) is 36.8. The fourth-order valence-corrected chi connectivity index (χ4v) is 15.2. The van der Waals surface area contributed by atoms with Crippen molar-refractivity contribution in [3.63, 3.8) is 0 Å². The van der Waals surface area contributed by atoms with Crippen molar-refractivity contribution in [3.05, 3.63) is 120 Å². The first-order chi connectivity index (χ1) is 28.8. The number of hydroxylamine groups is 1. The number of ketones is 2. The smallest absolute Gasteiger partial charge is 0.239 e. The molecule has 0 amide bonds. The van der Waals surface area contributed by atoms with E-state index in [2.05, 4.69) is 23.8 Å². The summed E-state index contributed by atoms with van der Waals surface area (Å²) in [5.74, 6) is 1.04. The van der Waals surface area contributed by atoms with Crippen LogP contribution >= 0.6 is 23.2 Å². The number of aliphatic imine (C=N–C) groups is 2. The number of fused-ring (bicyclic) bond motifs is 5. The molecule has 326 valence electrons. The Morgan fingerprint density at radius 3 is 1.60 bits per heavy atom. The molecule has 7 unspecified atom stereocenters. The maximum absolute atomic E-state index is 12.8. The minimum Gasteiger partial charge on any atom is -0.374 e. The van der Waals surface area contributed by atoms with E-state index in [4.69, 9.17) is 28.0 Å². The molecule has 10 aliphatic rings. The number of anilines is 2. The second-order valence-electron chi connectivity index (χ2n) is 18.3. The van der Waals surface area contributed by atoms with Gasteiger partial charge in [0.25, 0.3) is 0 Å². The zero-order valence-electron chi connectivity index (χ0n) is 35.4. The van der Waals surface area contributed by atoms with Crippen molar-refractivity contribution in [3.8, 4) is 0 Å². The summed E-state index contributed by atoms with van der Waals surface area (Å²) in [6.07, 6.45) is 14.0.